The van der Waals surface area contributed by atoms with E-state index in [0.29, 0.717) is 35.8 Å². The first-order chi connectivity index (χ1) is 14.3. The number of aryl methyl sites for hydroxylation is 1. The summed E-state index contributed by atoms with van der Waals surface area (Å²) in [4.78, 5) is 14.4. The number of hydrogen-bond acceptors (Lipinski definition) is 4. The maximum atomic E-state index is 12.6. The second-order valence-electron chi connectivity index (χ2n) is 7.64. The first kappa shape index (κ1) is 22.7. The van der Waals surface area contributed by atoms with Crippen LogP contribution >= 0.6 is 11.6 Å². The summed E-state index contributed by atoms with van der Waals surface area (Å²) in [7, 11) is -1.35. The van der Waals surface area contributed by atoms with Crippen molar-refractivity contribution in [2.24, 2.45) is 0 Å². The lowest BCUT2D eigenvalue weighted by molar-refractivity contribution is 0.0953. The zero-order valence-corrected chi connectivity index (χ0v) is 18.8. The molecule has 1 amide bonds. The van der Waals surface area contributed by atoms with Gasteiger partial charge in [-0.05, 0) is 55.3 Å². The lowest BCUT2D eigenvalue weighted by Gasteiger charge is -2.31. The Kier molecular flexibility index (Phi) is 7.88. The van der Waals surface area contributed by atoms with Crippen LogP contribution in [-0.2, 0) is 22.2 Å². The van der Waals surface area contributed by atoms with Crippen LogP contribution in [0, 0.1) is 0 Å². The van der Waals surface area contributed by atoms with Gasteiger partial charge in [0.05, 0.1) is 5.75 Å². The van der Waals surface area contributed by atoms with E-state index in [0.717, 1.165) is 25.9 Å². The van der Waals surface area contributed by atoms with Gasteiger partial charge in [0.1, 0.15) is 0 Å². The summed E-state index contributed by atoms with van der Waals surface area (Å²) in [5.41, 5.74) is 2.40. The molecule has 0 spiro atoms. The lowest BCUT2D eigenvalue weighted by atomic mass is 10.1. The molecule has 0 unspecified atom stereocenters. The number of benzene rings is 2. The van der Waals surface area contributed by atoms with Crippen LogP contribution in [0.2, 0.25) is 5.02 Å². The number of rotatable bonds is 8. The van der Waals surface area contributed by atoms with Crippen LogP contribution in [0.3, 0.4) is 0 Å². The Labute approximate surface area is 183 Å². The summed E-state index contributed by atoms with van der Waals surface area (Å²) in [6, 6.07) is 14.5. The fourth-order valence-electron chi connectivity index (χ4n) is 3.37. The predicted octanol–water partition coefficient (Wildman–Crippen LogP) is 2.78. The molecule has 3 rings (SSSR count). The van der Waals surface area contributed by atoms with E-state index in [1.807, 2.05) is 31.3 Å². The smallest absolute Gasteiger partial charge is 0.251 e. The molecule has 6 nitrogen and oxygen atoms in total. The maximum absolute atomic E-state index is 12.6. The Morgan fingerprint density at radius 1 is 0.967 bits per heavy atom. The molecule has 1 aliphatic rings. The molecule has 8 heteroatoms. The van der Waals surface area contributed by atoms with Gasteiger partial charge < -0.3 is 10.2 Å². The van der Waals surface area contributed by atoms with E-state index in [-0.39, 0.29) is 11.7 Å². The quantitative estimate of drug-likeness (QED) is 0.629. The Morgan fingerprint density at radius 2 is 1.57 bits per heavy atom. The normalized spacial score (nSPS) is 15.8. The van der Waals surface area contributed by atoms with Gasteiger partial charge in [0.2, 0.25) is 10.0 Å². The minimum atomic E-state index is -3.34. The number of carbonyl (C=O) groups is 1. The highest BCUT2D eigenvalue weighted by atomic mass is 35.5. The van der Waals surface area contributed by atoms with Crippen molar-refractivity contribution in [2.75, 3.05) is 39.8 Å². The summed E-state index contributed by atoms with van der Waals surface area (Å²) >= 11 is 5.88. The van der Waals surface area contributed by atoms with Crippen LogP contribution in [0.25, 0.3) is 0 Å². The van der Waals surface area contributed by atoms with Gasteiger partial charge in [0.15, 0.2) is 0 Å². The van der Waals surface area contributed by atoms with E-state index in [1.165, 1.54) is 5.56 Å². The fourth-order valence-corrected chi connectivity index (χ4v) is 5.01. The second kappa shape index (κ2) is 10.4. The van der Waals surface area contributed by atoms with Crippen LogP contribution in [-0.4, -0.2) is 63.3 Å². The zero-order valence-electron chi connectivity index (χ0n) is 17.2. The van der Waals surface area contributed by atoms with Gasteiger partial charge in [-0.3, -0.25) is 4.79 Å². The highest BCUT2D eigenvalue weighted by Gasteiger charge is 2.25. The summed E-state index contributed by atoms with van der Waals surface area (Å²) < 4.78 is 26.8. The third kappa shape index (κ3) is 6.54. The van der Waals surface area contributed by atoms with Crippen LogP contribution < -0.4 is 5.32 Å². The highest BCUT2D eigenvalue weighted by Crippen LogP contribution is 2.14. The predicted molar refractivity (Wildman–Crippen MR) is 120 cm³/mol. The molecule has 162 valence electrons. The van der Waals surface area contributed by atoms with Crippen LogP contribution in [0.4, 0.5) is 0 Å². The summed E-state index contributed by atoms with van der Waals surface area (Å²) in [6.45, 7) is 3.11. The van der Waals surface area contributed by atoms with Gasteiger partial charge in [-0.1, -0.05) is 35.9 Å². The molecule has 0 saturated carbocycles. The third-order valence-corrected chi connectivity index (χ3v) is 7.36. The van der Waals surface area contributed by atoms with Crippen molar-refractivity contribution < 1.29 is 13.2 Å². The third-order valence-electron chi connectivity index (χ3n) is 5.26. The molecular formula is C22H28ClN3O3S. The second-order valence-corrected chi connectivity index (χ2v) is 10.0. The molecule has 1 aliphatic heterocycles. The maximum Gasteiger partial charge on any atom is 0.251 e. The van der Waals surface area contributed by atoms with E-state index in [4.69, 9.17) is 11.6 Å². The Morgan fingerprint density at radius 3 is 2.20 bits per heavy atom. The minimum absolute atomic E-state index is 0.0420. The first-order valence-electron chi connectivity index (χ1n) is 10.1. The van der Waals surface area contributed by atoms with Crippen molar-refractivity contribution in [3.05, 3.63) is 70.2 Å². The number of piperazine rings is 1. The summed E-state index contributed by atoms with van der Waals surface area (Å²) in [5.74, 6) is -0.195. The van der Waals surface area contributed by atoms with Crippen molar-refractivity contribution in [3.8, 4) is 0 Å². The Balaban J connectivity index is 1.46. The van der Waals surface area contributed by atoms with Crippen LogP contribution in [0.1, 0.15) is 27.9 Å². The number of sulfonamides is 1. The molecule has 0 atom stereocenters. The number of nitrogens with zero attached hydrogens (tertiary/aromatic N) is 2. The molecule has 30 heavy (non-hydrogen) atoms. The largest absolute Gasteiger partial charge is 0.352 e. The number of nitrogens with one attached hydrogen (secondary N) is 1. The van der Waals surface area contributed by atoms with Crippen molar-refractivity contribution in [2.45, 2.75) is 18.6 Å². The number of amides is 1. The van der Waals surface area contributed by atoms with Gasteiger partial charge in [-0.25, -0.2) is 8.42 Å². The molecule has 0 radical (unpaired) electrons. The zero-order chi connectivity index (χ0) is 21.6. The average molecular weight is 450 g/mol. The van der Waals surface area contributed by atoms with Gasteiger partial charge in [-0.15, -0.1) is 0 Å². The van der Waals surface area contributed by atoms with Gasteiger partial charge in [0.25, 0.3) is 5.91 Å². The molecule has 2 aromatic rings. The van der Waals surface area contributed by atoms with E-state index in [1.54, 1.807) is 28.6 Å². The SMILES string of the molecule is CN1CCN(S(=O)(=O)Cc2ccc(C(=O)NCCCc3ccc(Cl)cc3)cc2)CC1. The Hall–Kier alpha value is -1.93. The molecule has 0 aliphatic carbocycles. The molecule has 0 aromatic heterocycles. The van der Waals surface area contributed by atoms with E-state index in [2.05, 4.69) is 10.2 Å². The lowest BCUT2D eigenvalue weighted by Crippen LogP contribution is -2.47. The summed E-state index contributed by atoms with van der Waals surface area (Å²) in [6.07, 6.45) is 1.69. The minimum Gasteiger partial charge on any atom is -0.352 e. The molecule has 1 heterocycles. The van der Waals surface area contributed by atoms with Gasteiger partial charge >= 0.3 is 0 Å². The summed E-state index contributed by atoms with van der Waals surface area (Å²) in [5, 5.41) is 3.62. The molecule has 1 saturated heterocycles. The van der Waals surface area contributed by atoms with Crippen molar-refractivity contribution in [1.29, 1.82) is 0 Å². The van der Waals surface area contributed by atoms with E-state index < -0.39 is 10.0 Å². The standard InChI is InChI=1S/C22H28ClN3O3S/c1-25-13-15-26(16-14-25)30(28,29)17-19-4-8-20(9-5-19)22(27)24-12-2-3-18-6-10-21(23)11-7-18/h4-11H,2-3,12-17H2,1H3,(H,24,27). The van der Waals surface area contributed by atoms with Crippen molar-refractivity contribution in [3.63, 3.8) is 0 Å². The number of likely N-dealkylation sites (N-methyl/N-ethyl adjacent to an activating group) is 1. The molecule has 2 aromatic carbocycles. The van der Waals surface area contributed by atoms with E-state index >= 15 is 0 Å². The molecular weight excluding hydrogens is 422 g/mol. The molecule has 0 bridgehead atoms. The van der Waals surface area contributed by atoms with Crippen LogP contribution in [0.15, 0.2) is 48.5 Å². The average Bonchev–Trinajstić information content (AvgIpc) is 2.73. The van der Waals surface area contributed by atoms with Crippen molar-refractivity contribution in [1.82, 2.24) is 14.5 Å². The number of carbonyl (C=O) groups excluding carboxylic acids is 1. The van der Waals surface area contributed by atoms with Gasteiger partial charge in [-0.2, -0.15) is 4.31 Å². The van der Waals surface area contributed by atoms with E-state index in [9.17, 15) is 13.2 Å². The first-order valence-corrected chi connectivity index (χ1v) is 12.1. The van der Waals surface area contributed by atoms with Gasteiger partial charge in [0, 0.05) is 43.3 Å². The van der Waals surface area contributed by atoms with Crippen molar-refractivity contribution >= 4 is 27.5 Å². The molecule has 1 fully saturated rings. The molecule has 1 N–H and O–H groups in total. The fraction of sp³-hybridized carbons (Fsp3) is 0.409. The highest BCUT2D eigenvalue weighted by molar-refractivity contribution is 7.88. The number of hydrogen-bond donors (Lipinski definition) is 1. The topological polar surface area (TPSA) is 69.7 Å². The van der Waals surface area contributed by atoms with Crippen LogP contribution in [0.5, 0.6) is 0 Å². The Bertz CT molecular complexity index is 939. The monoisotopic (exact) mass is 449 g/mol. The number of halogens is 1.